The minimum atomic E-state index is -0.403. The van der Waals surface area contributed by atoms with Crippen molar-refractivity contribution in [3.8, 4) is 0 Å². The van der Waals surface area contributed by atoms with Crippen molar-refractivity contribution >= 4 is 23.4 Å². The summed E-state index contributed by atoms with van der Waals surface area (Å²) < 4.78 is 0. The third-order valence-electron chi connectivity index (χ3n) is 2.37. The van der Waals surface area contributed by atoms with E-state index in [1.54, 1.807) is 24.3 Å². The Kier molecular flexibility index (Phi) is 3.10. The first-order valence-electron chi connectivity index (χ1n) is 5.03. The van der Waals surface area contributed by atoms with E-state index >= 15 is 0 Å². The van der Waals surface area contributed by atoms with E-state index in [2.05, 4.69) is 10.9 Å². The van der Waals surface area contributed by atoms with Crippen LogP contribution < -0.4 is 10.9 Å². The SMILES string of the molecule is O=C(NNC(=O)C1CC1)c1ccccc1Cl. The van der Waals surface area contributed by atoms with Crippen molar-refractivity contribution in [3.63, 3.8) is 0 Å². The number of rotatable bonds is 2. The van der Waals surface area contributed by atoms with Crippen LogP contribution in [-0.4, -0.2) is 11.8 Å². The third kappa shape index (κ3) is 2.52. The third-order valence-corrected chi connectivity index (χ3v) is 2.70. The molecule has 1 saturated carbocycles. The Hall–Kier alpha value is -1.55. The van der Waals surface area contributed by atoms with Crippen LogP contribution in [-0.2, 0) is 4.79 Å². The predicted molar refractivity (Wildman–Crippen MR) is 59.8 cm³/mol. The molecule has 0 bridgehead atoms. The van der Waals surface area contributed by atoms with Crippen molar-refractivity contribution in [2.75, 3.05) is 0 Å². The van der Waals surface area contributed by atoms with E-state index in [4.69, 9.17) is 11.6 Å². The van der Waals surface area contributed by atoms with Gasteiger partial charge in [0.25, 0.3) is 5.91 Å². The first-order chi connectivity index (χ1) is 7.68. The Morgan fingerprint density at radius 1 is 1.19 bits per heavy atom. The maximum absolute atomic E-state index is 11.6. The lowest BCUT2D eigenvalue weighted by Gasteiger charge is -2.07. The highest BCUT2D eigenvalue weighted by atomic mass is 35.5. The highest BCUT2D eigenvalue weighted by molar-refractivity contribution is 6.33. The molecule has 84 valence electrons. The Morgan fingerprint density at radius 3 is 2.50 bits per heavy atom. The van der Waals surface area contributed by atoms with Gasteiger partial charge in [0.15, 0.2) is 0 Å². The Labute approximate surface area is 97.9 Å². The van der Waals surface area contributed by atoms with Crippen LogP contribution in [0.4, 0.5) is 0 Å². The Balaban J connectivity index is 1.92. The first kappa shape index (κ1) is 11.0. The van der Waals surface area contributed by atoms with Crippen molar-refractivity contribution < 1.29 is 9.59 Å². The molecular weight excluding hydrogens is 228 g/mol. The molecule has 1 aliphatic carbocycles. The summed E-state index contributed by atoms with van der Waals surface area (Å²) >= 11 is 5.84. The summed E-state index contributed by atoms with van der Waals surface area (Å²) in [6.07, 6.45) is 1.79. The summed E-state index contributed by atoms with van der Waals surface area (Å²) in [6.45, 7) is 0. The molecule has 1 fully saturated rings. The summed E-state index contributed by atoms with van der Waals surface area (Å²) in [6, 6.07) is 6.67. The van der Waals surface area contributed by atoms with Crippen LogP contribution in [0.25, 0.3) is 0 Å². The van der Waals surface area contributed by atoms with Gasteiger partial charge in [-0.2, -0.15) is 0 Å². The molecule has 2 rings (SSSR count). The summed E-state index contributed by atoms with van der Waals surface area (Å²) in [5.74, 6) is -0.480. The molecule has 2 N–H and O–H groups in total. The van der Waals surface area contributed by atoms with Crippen LogP contribution in [0.15, 0.2) is 24.3 Å². The lowest BCUT2D eigenvalue weighted by Crippen LogP contribution is -2.42. The fraction of sp³-hybridized carbons (Fsp3) is 0.273. The van der Waals surface area contributed by atoms with E-state index in [0.29, 0.717) is 10.6 Å². The summed E-state index contributed by atoms with van der Waals surface area (Å²) in [5.41, 5.74) is 5.06. The molecule has 2 amide bonds. The van der Waals surface area contributed by atoms with Gasteiger partial charge in [0.2, 0.25) is 5.91 Å². The first-order valence-corrected chi connectivity index (χ1v) is 5.41. The minimum Gasteiger partial charge on any atom is -0.273 e. The number of carbonyl (C=O) groups is 2. The fourth-order valence-corrected chi connectivity index (χ4v) is 1.50. The van der Waals surface area contributed by atoms with E-state index in [1.807, 2.05) is 0 Å². The van der Waals surface area contributed by atoms with Crippen molar-refractivity contribution in [2.45, 2.75) is 12.8 Å². The number of carbonyl (C=O) groups excluding carboxylic acids is 2. The predicted octanol–water partition coefficient (Wildman–Crippen LogP) is 1.51. The molecule has 0 aliphatic heterocycles. The zero-order valence-electron chi connectivity index (χ0n) is 8.50. The molecule has 0 heterocycles. The maximum Gasteiger partial charge on any atom is 0.271 e. The second kappa shape index (κ2) is 4.53. The maximum atomic E-state index is 11.6. The smallest absolute Gasteiger partial charge is 0.271 e. The number of halogens is 1. The van der Waals surface area contributed by atoms with Crippen molar-refractivity contribution in [1.29, 1.82) is 0 Å². The lowest BCUT2D eigenvalue weighted by molar-refractivity contribution is -0.123. The van der Waals surface area contributed by atoms with Gasteiger partial charge in [-0.15, -0.1) is 0 Å². The van der Waals surface area contributed by atoms with E-state index in [1.165, 1.54) is 0 Å². The average Bonchev–Trinajstić information content (AvgIpc) is 3.10. The van der Waals surface area contributed by atoms with Crippen molar-refractivity contribution in [2.24, 2.45) is 5.92 Å². The number of hydrogen-bond donors (Lipinski definition) is 2. The zero-order chi connectivity index (χ0) is 11.5. The Morgan fingerprint density at radius 2 is 1.88 bits per heavy atom. The second-order valence-corrected chi connectivity index (χ2v) is 4.10. The van der Waals surface area contributed by atoms with Gasteiger partial charge < -0.3 is 0 Å². The molecule has 0 unspecified atom stereocenters. The second-order valence-electron chi connectivity index (χ2n) is 3.70. The van der Waals surface area contributed by atoms with Gasteiger partial charge in [-0.3, -0.25) is 20.4 Å². The summed E-state index contributed by atoms with van der Waals surface area (Å²) in [5, 5.41) is 0.362. The molecule has 0 aromatic heterocycles. The summed E-state index contributed by atoms with van der Waals surface area (Å²) in [4.78, 5) is 22.9. The van der Waals surface area contributed by atoms with Crippen LogP contribution in [0, 0.1) is 5.92 Å². The molecule has 0 atom stereocenters. The van der Waals surface area contributed by atoms with E-state index < -0.39 is 5.91 Å². The van der Waals surface area contributed by atoms with Gasteiger partial charge in [-0.1, -0.05) is 23.7 Å². The van der Waals surface area contributed by atoms with Gasteiger partial charge in [0.05, 0.1) is 10.6 Å². The summed E-state index contributed by atoms with van der Waals surface area (Å²) in [7, 11) is 0. The molecule has 1 aliphatic rings. The van der Waals surface area contributed by atoms with Crippen molar-refractivity contribution in [3.05, 3.63) is 34.9 Å². The van der Waals surface area contributed by atoms with Gasteiger partial charge in [-0.05, 0) is 25.0 Å². The van der Waals surface area contributed by atoms with Crippen LogP contribution in [0.1, 0.15) is 23.2 Å². The molecule has 0 radical (unpaired) electrons. The number of hydrogen-bond acceptors (Lipinski definition) is 2. The molecule has 1 aromatic rings. The van der Waals surface area contributed by atoms with Crippen LogP contribution in [0.5, 0.6) is 0 Å². The van der Waals surface area contributed by atoms with Crippen LogP contribution >= 0.6 is 11.6 Å². The number of amides is 2. The zero-order valence-corrected chi connectivity index (χ0v) is 9.25. The van der Waals surface area contributed by atoms with Crippen LogP contribution in [0.2, 0.25) is 5.02 Å². The van der Waals surface area contributed by atoms with Crippen molar-refractivity contribution in [1.82, 2.24) is 10.9 Å². The highest BCUT2D eigenvalue weighted by Gasteiger charge is 2.29. The molecule has 4 nitrogen and oxygen atoms in total. The number of benzene rings is 1. The standard InChI is InChI=1S/C11H11ClN2O2/c12-9-4-2-1-3-8(9)11(16)14-13-10(15)7-5-6-7/h1-4,7H,5-6H2,(H,13,15)(H,14,16). The number of hydrazine groups is 1. The molecule has 16 heavy (non-hydrogen) atoms. The fourth-order valence-electron chi connectivity index (χ4n) is 1.28. The monoisotopic (exact) mass is 238 g/mol. The molecule has 5 heteroatoms. The minimum absolute atomic E-state index is 0.0616. The molecule has 1 aromatic carbocycles. The Bertz CT molecular complexity index is 430. The van der Waals surface area contributed by atoms with Gasteiger partial charge in [0.1, 0.15) is 0 Å². The highest BCUT2D eigenvalue weighted by Crippen LogP contribution is 2.28. The van der Waals surface area contributed by atoms with E-state index in [9.17, 15) is 9.59 Å². The lowest BCUT2D eigenvalue weighted by atomic mass is 10.2. The van der Waals surface area contributed by atoms with Gasteiger partial charge >= 0.3 is 0 Å². The van der Waals surface area contributed by atoms with E-state index in [-0.39, 0.29) is 11.8 Å². The molecule has 0 saturated heterocycles. The van der Waals surface area contributed by atoms with Gasteiger partial charge in [0, 0.05) is 5.92 Å². The average molecular weight is 239 g/mol. The van der Waals surface area contributed by atoms with E-state index in [0.717, 1.165) is 12.8 Å². The quantitative estimate of drug-likeness (QED) is 0.768. The molecular formula is C11H11ClN2O2. The normalized spacial score (nSPS) is 14.3. The van der Waals surface area contributed by atoms with Gasteiger partial charge in [-0.25, -0.2) is 0 Å². The molecule has 0 spiro atoms. The largest absolute Gasteiger partial charge is 0.273 e. The van der Waals surface area contributed by atoms with Crippen LogP contribution in [0.3, 0.4) is 0 Å². The number of nitrogens with one attached hydrogen (secondary N) is 2. The topological polar surface area (TPSA) is 58.2 Å².